The first-order valence-electron chi connectivity index (χ1n) is 8.03. The fourth-order valence-electron chi connectivity index (χ4n) is 3.77. The third-order valence-electron chi connectivity index (χ3n) is 5.04. The Morgan fingerprint density at radius 3 is 2.61 bits per heavy atom. The van der Waals surface area contributed by atoms with Crippen molar-refractivity contribution in [3.05, 3.63) is 0 Å². The minimum atomic E-state index is 0.720. The van der Waals surface area contributed by atoms with Gasteiger partial charge in [0.05, 0.1) is 0 Å². The van der Waals surface area contributed by atoms with Crippen molar-refractivity contribution in [2.45, 2.75) is 65.5 Å². The predicted molar refractivity (Wildman–Crippen MR) is 78.8 cm³/mol. The highest BCUT2D eigenvalue weighted by Crippen LogP contribution is 2.32. The Balaban J connectivity index is 1.85. The molecule has 1 aliphatic heterocycles. The largest absolute Gasteiger partial charge is 0.311 e. The second-order valence-corrected chi connectivity index (χ2v) is 7.21. The zero-order chi connectivity index (χ0) is 13.1. The van der Waals surface area contributed by atoms with Crippen LogP contribution < -0.4 is 5.32 Å². The lowest BCUT2D eigenvalue weighted by atomic mass is 9.94. The lowest BCUT2D eigenvalue weighted by Crippen LogP contribution is -2.56. The second-order valence-electron chi connectivity index (χ2n) is 7.21. The zero-order valence-electron chi connectivity index (χ0n) is 12.8. The summed E-state index contributed by atoms with van der Waals surface area (Å²) in [5, 5.41) is 3.72. The van der Waals surface area contributed by atoms with E-state index in [-0.39, 0.29) is 0 Å². The summed E-state index contributed by atoms with van der Waals surface area (Å²) in [7, 11) is 0. The molecule has 1 heterocycles. The molecule has 1 saturated heterocycles. The molecule has 2 nitrogen and oxygen atoms in total. The Morgan fingerprint density at radius 2 is 2.00 bits per heavy atom. The highest BCUT2D eigenvalue weighted by atomic mass is 15.2. The van der Waals surface area contributed by atoms with Gasteiger partial charge in [-0.25, -0.2) is 0 Å². The third-order valence-corrected chi connectivity index (χ3v) is 5.04. The number of nitrogens with one attached hydrogen (secondary N) is 1. The molecule has 2 fully saturated rings. The normalized spacial score (nSPS) is 38.5. The average Bonchev–Trinajstić information content (AvgIpc) is 2.69. The van der Waals surface area contributed by atoms with Crippen LogP contribution in [0.4, 0.5) is 0 Å². The van der Waals surface area contributed by atoms with Gasteiger partial charge in [0.25, 0.3) is 0 Å². The maximum absolute atomic E-state index is 3.72. The van der Waals surface area contributed by atoms with Crippen LogP contribution in [-0.4, -0.2) is 36.6 Å². The van der Waals surface area contributed by atoms with Crippen molar-refractivity contribution in [1.82, 2.24) is 10.2 Å². The molecule has 4 unspecified atom stereocenters. The quantitative estimate of drug-likeness (QED) is 0.827. The molecule has 0 aromatic heterocycles. The third kappa shape index (κ3) is 3.71. The molecule has 0 amide bonds. The van der Waals surface area contributed by atoms with Crippen LogP contribution >= 0.6 is 0 Å². The summed E-state index contributed by atoms with van der Waals surface area (Å²) in [4.78, 5) is 2.76. The van der Waals surface area contributed by atoms with Gasteiger partial charge in [-0.1, -0.05) is 33.6 Å². The highest BCUT2D eigenvalue weighted by molar-refractivity contribution is 4.87. The number of hydrogen-bond acceptors (Lipinski definition) is 2. The van der Waals surface area contributed by atoms with Gasteiger partial charge in [0, 0.05) is 31.7 Å². The molecule has 4 atom stereocenters. The van der Waals surface area contributed by atoms with E-state index in [0.717, 1.165) is 29.8 Å². The van der Waals surface area contributed by atoms with Crippen LogP contribution in [0.1, 0.15) is 53.4 Å². The molecule has 0 aromatic rings. The van der Waals surface area contributed by atoms with E-state index >= 15 is 0 Å². The van der Waals surface area contributed by atoms with E-state index in [0.29, 0.717) is 0 Å². The monoisotopic (exact) mass is 252 g/mol. The summed E-state index contributed by atoms with van der Waals surface area (Å²) in [6.45, 7) is 13.3. The summed E-state index contributed by atoms with van der Waals surface area (Å²) in [6, 6.07) is 1.44. The van der Waals surface area contributed by atoms with E-state index in [1.807, 2.05) is 0 Å². The summed E-state index contributed by atoms with van der Waals surface area (Å²) in [5.41, 5.74) is 0. The first-order chi connectivity index (χ1) is 8.56. The van der Waals surface area contributed by atoms with E-state index < -0.39 is 0 Å². The summed E-state index contributed by atoms with van der Waals surface area (Å²) < 4.78 is 0. The minimum absolute atomic E-state index is 0.720. The second kappa shape index (κ2) is 6.38. The average molecular weight is 252 g/mol. The van der Waals surface area contributed by atoms with E-state index in [2.05, 4.69) is 37.9 Å². The molecular weight excluding hydrogens is 220 g/mol. The Bertz CT molecular complexity index is 251. The van der Waals surface area contributed by atoms with Gasteiger partial charge in [-0.15, -0.1) is 0 Å². The first-order valence-corrected chi connectivity index (χ1v) is 8.03. The molecule has 18 heavy (non-hydrogen) atoms. The molecule has 1 saturated carbocycles. The van der Waals surface area contributed by atoms with Gasteiger partial charge in [-0.3, -0.25) is 4.90 Å². The molecule has 1 N–H and O–H groups in total. The molecule has 106 valence electrons. The van der Waals surface area contributed by atoms with Crippen molar-refractivity contribution < 1.29 is 0 Å². The fraction of sp³-hybridized carbons (Fsp3) is 1.00. The van der Waals surface area contributed by atoms with Crippen molar-refractivity contribution >= 4 is 0 Å². The Hall–Kier alpha value is -0.0800. The van der Waals surface area contributed by atoms with E-state index in [1.165, 1.54) is 45.3 Å². The molecule has 0 radical (unpaired) electrons. The van der Waals surface area contributed by atoms with Crippen molar-refractivity contribution in [2.24, 2.45) is 17.8 Å². The number of piperazine rings is 1. The molecule has 2 rings (SSSR count). The first kappa shape index (κ1) is 14.3. The lowest BCUT2D eigenvalue weighted by molar-refractivity contribution is 0.105. The molecule has 1 aliphatic carbocycles. The van der Waals surface area contributed by atoms with Gasteiger partial charge < -0.3 is 5.32 Å². The van der Waals surface area contributed by atoms with Crippen LogP contribution in [0.25, 0.3) is 0 Å². The topological polar surface area (TPSA) is 15.3 Å². The van der Waals surface area contributed by atoms with Crippen molar-refractivity contribution in [1.29, 1.82) is 0 Å². The molecule has 0 bridgehead atoms. The highest BCUT2D eigenvalue weighted by Gasteiger charge is 2.30. The van der Waals surface area contributed by atoms with Crippen LogP contribution in [0.3, 0.4) is 0 Å². The smallest absolute Gasteiger partial charge is 0.0198 e. The minimum Gasteiger partial charge on any atom is -0.311 e. The molecule has 0 aromatic carbocycles. The number of nitrogens with zero attached hydrogens (tertiary/aromatic N) is 1. The van der Waals surface area contributed by atoms with Crippen LogP contribution in [0.5, 0.6) is 0 Å². The lowest BCUT2D eigenvalue weighted by Gasteiger charge is -2.41. The SMILES string of the molecule is CC(C)CC1CN(CC2CCCC2C)C(C)CN1. The molecule has 0 spiro atoms. The Morgan fingerprint density at radius 1 is 1.22 bits per heavy atom. The zero-order valence-corrected chi connectivity index (χ0v) is 12.8. The van der Waals surface area contributed by atoms with Crippen molar-refractivity contribution in [2.75, 3.05) is 19.6 Å². The van der Waals surface area contributed by atoms with Crippen LogP contribution in [-0.2, 0) is 0 Å². The van der Waals surface area contributed by atoms with E-state index in [9.17, 15) is 0 Å². The van der Waals surface area contributed by atoms with Crippen LogP contribution in [0.15, 0.2) is 0 Å². The number of rotatable bonds is 4. The molecule has 2 aliphatic rings. The summed E-state index contributed by atoms with van der Waals surface area (Å²) in [5.74, 6) is 2.73. The summed E-state index contributed by atoms with van der Waals surface area (Å²) in [6.07, 6.45) is 5.71. The molecule has 2 heteroatoms. The van der Waals surface area contributed by atoms with Gasteiger partial charge in [-0.2, -0.15) is 0 Å². The maximum atomic E-state index is 3.72. The number of hydrogen-bond donors (Lipinski definition) is 1. The van der Waals surface area contributed by atoms with E-state index in [4.69, 9.17) is 0 Å². The Kier molecular flexibility index (Phi) is 5.08. The Labute approximate surface area is 114 Å². The maximum Gasteiger partial charge on any atom is 0.0198 e. The van der Waals surface area contributed by atoms with Crippen LogP contribution in [0, 0.1) is 17.8 Å². The van der Waals surface area contributed by atoms with Gasteiger partial charge in [0.2, 0.25) is 0 Å². The van der Waals surface area contributed by atoms with Gasteiger partial charge in [0.1, 0.15) is 0 Å². The standard InChI is InChI=1S/C16H32N2/c1-12(2)8-16-11-18(14(4)9-17-16)10-15-7-5-6-13(15)3/h12-17H,5-11H2,1-4H3. The fourth-order valence-corrected chi connectivity index (χ4v) is 3.77. The van der Waals surface area contributed by atoms with Gasteiger partial charge in [0.15, 0.2) is 0 Å². The van der Waals surface area contributed by atoms with Crippen molar-refractivity contribution in [3.8, 4) is 0 Å². The van der Waals surface area contributed by atoms with E-state index in [1.54, 1.807) is 0 Å². The van der Waals surface area contributed by atoms with Gasteiger partial charge >= 0.3 is 0 Å². The predicted octanol–water partition coefficient (Wildman–Crippen LogP) is 3.13. The van der Waals surface area contributed by atoms with Crippen LogP contribution in [0.2, 0.25) is 0 Å². The van der Waals surface area contributed by atoms with Gasteiger partial charge in [-0.05, 0) is 37.5 Å². The molecular formula is C16H32N2. The summed E-state index contributed by atoms with van der Waals surface area (Å²) >= 11 is 0. The van der Waals surface area contributed by atoms with Crippen molar-refractivity contribution in [3.63, 3.8) is 0 Å².